The summed E-state index contributed by atoms with van der Waals surface area (Å²) in [6.07, 6.45) is 4.18. The number of rotatable bonds is 2. The Morgan fingerprint density at radius 3 is 2.37 bits per heavy atom. The first kappa shape index (κ1) is 16.3. The van der Waals surface area contributed by atoms with Crippen LogP contribution in [0.1, 0.15) is 53.4 Å². The maximum atomic E-state index is 12.1. The molecule has 0 aromatic rings. The van der Waals surface area contributed by atoms with Crippen LogP contribution in [-0.4, -0.2) is 54.2 Å². The number of carbonyl (C=O) groups excluding carboxylic acids is 1. The molecule has 0 radical (unpaired) electrons. The number of likely N-dealkylation sites (tertiary alicyclic amines) is 1. The van der Waals surface area contributed by atoms with E-state index in [0.29, 0.717) is 0 Å². The van der Waals surface area contributed by atoms with Crippen LogP contribution in [-0.2, 0) is 4.74 Å². The van der Waals surface area contributed by atoms with Crippen molar-refractivity contribution in [2.45, 2.75) is 64.5 Å². The molecule has 1 saturated heterocycles. The fourth-order valence-electron chi connectivity index (χ4n) is 2.80. The quantitative estimate of drug-likeness (QED) is 0.773. The molecule has 1 heterocycles. The van der Waals surface area contributed by atoms with E-state index < -0.39 is 5.60 Å². The summed E-state index contributed by atoms with van der Waals surface area (Å²) in [6, 6.07) is 0. The van der Waals surface area contributed by atoms with Crippen molar-refractivity contribution in [1.82, 2.24) is 9.80 Å². The van der Waals surface area contributed by atoms with Gasteiger partial charge in [-0.05, 0) is 60.5 Å². The minimum absolute atomic E-state index is 0.168. The Morgan fingerprint density at radius 1 is 1.26 bits per heavy atom. The average Bonchev–Trinajstić information content (AvgIpc) is 2.49. The van der Waals surface area contributed by atoms with E-state index in [1.165, 1.54) is 0 Å². The second-order valence-corrected chi connectivity index (χ2v) is 6.79. The zero-order chi connectivity index (χ0) is 14.7. The lowest BCUT2D eigenvalue weighted by molar-refractivity contribution is 0.0245. The first-order valence-electron chi connectivity index (χ1n) is 7.35. The number of amides is 1. The van der Waals surface area contributed by atoms with E-state index in [1.54, 1.807) is 0 Å². The van der Waals surface area contributed by atoms with Crippen molar-refractivity contribution >= 4 is 6.09 Å². The molecule has 19 heavy (non-hydrogen) atoms. The highest BCUT2D eigenvalue weighted by molar-refractivity contribution is 5.68. The van der Waals surface area contributed by atoms with Gasteiger partial charge in [0.05, 0.1) is 0 Å². The molecule has 1 aliphatic rings. The van der Waals surface area contributed by atoms with Gasteiger partial charge in [-0.25, -0.2) is 4.79 Å². The summed E-state index contributed by atoms with van der Waals surface area (Å²) in [6.45, 7) is 9.59. The normalized spacial score (nSPS) is 25.3. The van der Waals surface area contributed by atoms with Gasteiger partial charge in [-0.2, -0.15) is 0 Å². The topological polar surface area (TPSA) is 32.8 Å². The van der Waals surface area contributed by atoms with Crippen molar-refractivity contribution in [1.29, 1.82) is 0 Å². The van der Waals surface area contributed by atoms with Crippen LogP contribution in [0.25, 0.3) is 0 Å². The molecule has 0 aromatic heterocycles. The van der Waals surface area contributed by atoms with Crippen molar-refractivity contribution in [3.63, 3.8) is 0 Å². The molecule has 1 unspecified atom stereocenters. The molecular weight excluding hydrogens is 240 g/mol. The molecule has 0 bridgehead atoms. The first-order chi connectivity index (χ1) is 8.70. The third kappa shape index (κ3) is 4.37. The molecule has 1 atom stereocenters. The van der Waals surface area contributed by atoms with Gasteiger partial charge in [0.2, 0.25) is 0 Å². The Bertz CT molecular complexity index is 310. The van der Waals surface area contributed by atoms with Crippen molar-refractivity contribution in [3.05, 3.63) is 0 Å². The predicted octanol–water partition coefficient (Wildman–Crippen LogP) is 3.12. The molecule has 112 valence electrons. The molecule has 1 rings (SSSR count). The monoisotopic (exact) mass is 270 g/mol. The summed E-state index contributed by atoms with van der Waals surface area (Å²) in [5, 5.41) is 0. The van der Waals surface area contributed by atoms with Crippen LogP contribution >= 0.6 is 0 Å². The Labute approximate surface area is 118 Å². The van der Waals surface area contributed by atoms with Crippen LogP contribution in [0.3, 0.4) is 0 Å². The highest BCUT2D eigenvalue weighted by Gasteiger charge is 2.34. The van der Waals surface area contributed by atoms with Crippen LogP contribution in [0.5, 0.6) is 0 Å². The highest BCUT2D eigenvalue weighted by Crippen LogP contribution is 2.30. The van der Waals surface area contributed by atoms with Crippen LogP contribution < -0.4 is 0 Å². The Morgan fingerprint density at radius 2 is 1.89 bits per heavy atom. The fraction of sp³-hybridized carbons (Fsp3) is 0.933. The SMILES string of the molecule is CCC1(N(C)C)CCCN(C(=O)OC(C)(C)C)CC1. The van der Waals surface area contributed by atoms with E-state index in [-0.39, 0.29) is 11.6 Å². The van der Waals surface area contributed by atoms with Gasteiger partial charge in [-0.15, -0.1) is 0 Å². The predicted molar refractivity (Wildman–Crippen MR) is 78.4 cm³/mol. The van der Waals surface area contributed by atoms with Crippen LogP contribution in [0.4, 0.5) is 4.79 Å². The van der Waals surface area contributed by atoms with Gasteiger partial charge < -0.3 is 14.5 Å². The van der Waals surface area contributed by atoms with E-state index in [1.807, 2.05) is 25.7 Å². The second-order valence-electron chi connectivity index (χ2n) is 6.79. The van der Waals surface area contributed by atoms with Gasteiger partial charge in [0.1, 0.15) is 5.60 Å². The summed E-state index contributed by atoms with van der Waals surface area (Å²) < 4.78 is 5.47. The fourth-order valence-corrected chi connectivity index (χ4v) is 2.80. The number of ether oxygens (including phenoxy) is 1. The maximum absolute atomic E-state index is 12.1. The van der Waals surface area contributed by atoms with Gasteiger partial charge in [-0.3, -0.25) is 0 Å². The maximum Gasteiger partial charge on any atom is 0.410 e. The van der Waals surface area contributed by atoms with Gasteiger partial charge in [0, 0.05) is 18.6 Å². The molecule has 4 nitrogen and oxygen atoms in total. The lowest BCUT2D eigenvalue weighted by Gasteiger charge is -2.38. The first-order valence-corrected chi connectivity index (χ1v) is 7.35. The van der Waals surface area contributed by atoms with Crippen LogP contribution in [0.15, 0.2) is 0 Å². The summed E-state index contributed by atoms with van der Waals surface area (Å²) in [7, 11) is 4.29. The zero-order valence-corrected chi connectivity index (χ0v) is 13.5. The lowest BCUT2D eigenvalue weighted by Crippen LogP contribution is -2.45. The van der Waals surface area contributed by atoms with Gasteiger partial charge in [0.15, 0.2) is 0 Å². The van der Waals surface area contributed by atoms with E-state index >= 15 is 0 Å². The molecule has 0 spiro atoms. The summed E-state index contributed by atoms with van der Waals surface area (Å²) >= 11 is 0. The molecule has 1 amide bonds. The molecule has 1 aliphatic heterocycles. The Hall–Kier alpha value is -0.770. The number of carbonyl (C=O) groups is 1. The van der Waals surface area contributed by atoms with Crippen molar-refractivity contribution in [3.8, 4) is 0 Å². The van der Waals surface area contributed by atoms with Gasteiger partial charge in [0.25, 0.3) is 0 Å². The van der Waals surface area contributed by atoms with Crippen molar-refractivity contribution < 1.29 is 9.53 Å². The zero-order valence-electron chi connectivity index (χ0n) is 13.5. The Kier molecular flexibility index (Phi) is 5.25. The third-order valence-electron chi connectivity index (χ3n) is 4.18. The molecule has 1 fully saturated rings. The van der Waals surface area contributed by atoms with Crippen LogP contribution in [0, 0.1) is 0 Å². The standard InChI is InChI=1S/C15H30N2O2/c1-7-15(16(5)6)9-8-11-17(12-10-15)13(18)19-14(2,3)4/h7-12H2,1-6H3. The van der Waals surface area contributed by atoms with E-state index in [4.69, 9.17) is 4.74 Å². The summed E-state index contributed by atoms with van der Waals surface area (Å²) in [4.78, 5) is 16.3. The summed E-state index contributed by atoms with van der Waals surface area (Å²) in [5.41, 5.74) is -0.177. The Balaban J connectivity index is 2.66. The molecular formula is C15H30N2O2. The smallest absolute Gasteiger partial charge is 0.410 e. The minimum atomic E-state index is -0.410. The van der Waals surface area contributed by atoms with Crippen molar-refractivity contribution in [2.75, 3.05) is 27.2 Å². The number of hydrogen-bond donors (Lipinski definition) is 0. The van der Waals surface area contributed by atoms with Crippen LogP contribution in [0.2, 0.25) is 0 Å². The molecule has 0 saturated carbocycles. The molecule has 4 heteroatoms. The minimum Gasteiger partial charge on any atom is -0.444 e. The van der Waals surface area contributed by atoms with E-state index in [0.717, 1.165) is 38.8 Å². The summed E-state index contributed by atoms with van der Waals surface area (Å²) in [5.74, 6) is 0. The van der Waals surface area contributed by atoms with E-state index in [9.17, 15) is 4.79 Å². The molecule has 0 aromatic carbocycles. The lowest BCUT2D eigenvalue weighted by atomic mass is 9.86. The highest BCUT2D eigenvalue weighted by atomic mass is 16.6. The average molecular weight is 270 g/mol. The molecule has 0 aliphatic carbocycles. The molecule has 0 N–H and O–H groups in total. The second kappa shape index (κ2) is 6.12. The van der Waals surface area contributed by atoms with Gasteiger partial charge in [-0.1, -0.05) is 6.92 Å². The largest absolute Gasteiger partial charge is 0.444 e. The van der Waals surface area contributed by atoms with Crippen molar-refractivity contribution in [2.24, 2.45) is 0 Å². The number of hydrogen-bond acceptors (Lipinski definition) is 3. The third-order valence-corrected chi connectivity index (χ3v) is 4.18. The van der Waals surface area contributed by atoms with E-state index in [2.05, 4.69) is 25.9 Å². The van der Waals surface area contributed by atoms with Gasteiger partial charge >= 0.3 is 6.09 Å². The number of nitrogens with zero attached hydrogens (tertiary/aromatic N) is 2.